The van der Waals surface area contributed by atoms with Crippen LogP contribution in [0.25, 0.3) is 0 Å². The van der Waals surface area contributed by atoms with E-state index in [1.54, 1.807) is 22.3 Å². The van der Waals surface area contributed by atoms with Crippen LogP contribution in [0.1, 0.15) is 29.9 Å². The molecule has 0 aliphatic heterocycles. The summed E-state index contributed by atoms with van der Waals surface area (Å²) in [6.07, 6.45) is 3.57. The highest BCUT2D eigenvalue weighted by atomic mass is 127. The number of aromatic nitrogens is 4. The van der Waals surface area contributed by atoms with E-state index < -0.39 is 0 Å². The van der Waals surface area contributed by atoms with E-state index >= 15 is 0 Å². The Balaban J connectivity index is 0.00000264. The molecule has 0 bridgehead atoms. The maximum Gasteiger partial charge on any atom is 0.191 e. The third-order valence-electron chi connectivity index (χ3n) is 3.05. The lowest BCUT2D eigenvalue weighted by Crippen LogP contribution is -2.38. The molecule has 0 saturated heterocycles. The van der Waals surface area contributed by atoms with Crippen molar-refractivity contribution in [2.24, 2.45) is 12.0 Å². The van der Waals surface area contributed by atoms with Gasteiger partial charge in [-0.1, -0.05) is 0 Å². The molecule has 2 N–H and O–H groups in total. The second-order valence-corrected chi connectivity index (χ2v) is 5.85. The van der Waals surface area contributed by atoms with Crippen molar-refractivity contribution in [3.8, 4) is 0 Å². The first kappa shape index (κ1) is 19.8. The van der Waals surface area contributed by atoms with Crippen LogP contribution in [0.5, 0.6) is 0 Å². The molecular formula is C14H24IN7S. The Kier molecular flexibility index (Phi) is 9.07. The fraction of sp³-hybridized carbons (Fsp3) is 0.571. The standard InChI is InChI=1S/C14H23N7S.HI/c1-4-15-14(17-8-12-18-10-19-21(12)3)16-7-5-6-13-20-11(2)9-22-13;/h9-10H,4-8H2,1-3H3,(H2,15,16,17);1H. The van der Waals surface area contributed by atoms with Crippen LogP contribution in [0.15, 0.2) is 16.7 Å². The van der Waals surface area contributed by atoms with Crippen LogP contribution < -0.4 is 10.6 Å². The van der Waals surface area contributed by atoms with Crippen LogP contribution in [0.4, 0.5) is 0 Å². The zero-order chi connectivity index (χ0) is 15.8. The Hall–Kier alpha value is -1.23. The summed E-state index contributed by atoms with van der Waals surface area (Å²) < 4.78 is 1.73. The summed E-state index contributed by atoms with van der Waals surface area (Å²) in [7, 11) is 1.87. The first-order chi connectivity index (χ1) is 10.7. The van der Waals surface area contributed by atoms with Crippen LogP contribution in [0, 0.1) is 6.92 Å². The van der Waals surface area contributed by atoms with E-state index in [9.17, 15) is 0 Å². The minimum absolute atomic E-state index is 0. The molecule has 0 radical (unpaired) electrons. The highest BCUT2D eigenvalue weighted by Crippen LogP contribution is 2.10. The van der Waals surface area contributed by atoms with E-state index in [0.29, 0.717) is 6.54 Å². The van der Waals surface area contributed by atoms with Crippen LogP contribution in [0.2, 0.25) is 0 Å². The van der Waals surface area contributed by atoms with Crippen molar-refractivity contribution in [1.82, 2.24) is 30.4 Å². The quantitative estimate of drug-likeness (QED) is 0.292. The number of rotatable bonds is 7. The molecule has 128 valence electrons. The molecule has 0 fully saturated rings. The van der Waals surface area contributed by atoms with Gasteiger partial charge in [-0.3, -0.25) is 4.68 Å². The first-order valence-corrected chi connectivity index (χ1v) is 8.33. The molecule has 7 nitrogen and oxygen atoms in total. The molecule has 0 aliphatic carbocycles. The predicted molar refractivity (Wildman–Crippen MR) is 104 cm³/mol. The van der Waals surface area contributed by atoms with Gasteiger partial charge in [-0.2, -0.15) is 5.10 Å². The largest absolute Gasteiger partial charge is 0.357 e. The third kappa shape index (κ3) is 6.81. The van der Waals surface area contributed by atoms with Crippen molar-refractivity contribution in [2.45, 2.75) is 33.2 Å². The number of guanidine groups is 1. The van der Waals surface area contributed by atoms with Crippen molar-refractivity contribution in [1.29, 1.82) is 0 Å². The Bertz CT molecular complexity index is 608. The highest BCUT2D eigenvalue weighted by Gasteiger charge is 2.02. The maximum absolute atomic E-state index is 4.52. The number of thiazole rings is 1. The zero-order valence-electron chi connectivity index (χ0n) is 13.7. The molecule has 0 unspecified atom stereocenters. The van der Waals surface area contributed by atoms with E-state index in [0.717, 1.165) is 43.4 Å². The molecule has 0 aliphatic rings. The monoisotopic (exact) mass is 449 g/mol. The molecule has 0 atom stereocenters. The molecular weight excluding hydrogens is 425 g/mol. The fourth-order valence-electron chi connectivity index (χ4n) is 1.92. The maximum atomic E-state index is 4.52. The molecule has 0 aromatic carbocycles. The Morgan fingerprint density at radius 2 is 2.22 bits per heavy atom. The van der Waals surface area contributed by atoms with E-state index in [4.69, 9.17) is 0 Å². The molecule has 23 heavy (non-hydrogen) atoms. The van der Waals surface area contributed by atoms with Gasteiger partial charge in [-0.05, 0) is 20.3 Å². The summed E-state index contributed by atoms with van der Waals surface area (Å²) in [5.41, 5.74) is 1.10. The number of aliphatic imine (C=N–C) groups is 1. The van der Waals surface area contributed by atoms with Gasteiger partial charge in [0.05, 0.1) is 5.01 Å². The number of nitrogens with one attached hydrogen (secondary N) is 2. The van der Waals surface area contributed by atoms with E-state index in [-0.39, 0.29) is 24.0 Å². The molecule has 0 amide bonds. The lowest BCUT2D eigenvalue weighted by molar-refractivity contribution is 0.694. The van der Waals surface area contributed by atoms with E-state index in [1.807, 2.05) is 14.0 Å². The van der Waals surface area contributed by atoms with Gasteiger partial charge < -0.3 is 10.6 Å². The van der Waals surface area contributed by atoms with Gasteiger partial charge in [0.2, 0.25) is 0 Å². The van der Waals surface area contributed by atoms with Gasteiger partial charge >= 0.3 is 0 Å². The molecule has 0 saturated carbocycles. The smallest absolute Gasteiger partial charge is 0.191 e. The number of hydrogen-bond donors (Lipinski definition) is 2. The molecule has 2 rings (SSSR count). The number of halogens is 1. The van der Waals surface area contributed by atoms with Crippen LogP contribution in [-0.2, 0) is 20.0 Å². The topological polar surface area (TPSA) is 80.0 Å². The van der Waals surface area contributed by atoms with E-state index in [1.165, 1.54) is 5.01 Å². The van der Waals surface area contributed by atoms with Crippen LogP contribution in [-0.4, -0.2) is 38.8 Å². The Morgan fingerprint density at radius 1 is 1.39 bits per heavy atom. The van der Waals surface area contributed by atoms with Gasteiger partial charge in [0.25, 0.3) is 0 Å². The third-order valence-corrected chi connectivity index (χ3v) is 4.08. The SMILES string of the molecule is CCNC(=NCc1ncnn1C)NCCCc1nc(C)cs1.I. The van der Waals surface area contributed by atoms with E-state index in [2.05, 4.69) is 43.0 Å². The fourth-order valence-corrected chi connectivity index (χ4v) is 2.74. The summed E-state index contributed by atoms with van der Waals surface area (Å²) in [4.78, 5) is 13.2. The van der Waals surface area contributed by atoms with Gasteiger partial charge in [0.1, 0.15) is 18.7 Å². The number of aryl methyl sites for hydroxylation is 3. The molecule has 2 heterocycles. The Morgan fingerprint density at radius 3 is 2.83 bits per heavy atom. The Labute approximate surface area is 158 Å². The summed E-state index contributed by atoms with van der Waals surface area (Å²) in [5, 5.41) is 13.9. The van der Waals surface area contributed by atoms with Crippen molar-refractivity contribution in [3.05, 3.63) is 28.2 Å². The lowest BCUT2D eigenvalue weighted by Gasteiger charge is -2.10. The van der Waals surface area contributed by atoms with Crippen molar-refractivity contribution in [2.75, 3.05) is 13.1 Å². The summed E-state index contributed by atoms with van der Waals surface area (Å²) in [6.45, 7) is 6.29. The number of hydrogen-bond acceptors (Lipinski definition) is 5. The second-order valence-electron chi connectivity index (χ2n) is 4.91. The first-order valence-electron chi connectivity index (χ1n) is 7.45. The van der Waals surface area contributed by atoms with Gasteiger partial charge in [0, 0.05) is 37.6 Å². The normalized spacial score (nSPS) is 11.2. The molecule has 2 aromatic rings. The summed E-state index contributed by atoms with van der Waals surface area (Å²) >= 11 is 1.73. The minimum atomic E-state index is 0. The highest BCUT2D eigenvalue weighted by molar-refractivity contribution is 14.0. The van der Waals surface area contributed by atoms with Crippen LogP contribution >= 0.6 is 35.3 Å². The predicted octanol–water partition coefficient (Wildman–Crippen LogP) is 1.89. The molecule has 0 spiro atoms. The van der Waals surface area contributed by atoms with Crippen LogP contribution in [0.3, 0.4) is 0 Å². The zero-order valence-corrected chi connectivity index (χ0v) is 16.9. The second kappa shape index (κ2) is 10.5. The minimum Gasteiger partial charge on any atom is -0.357 e. The lowest BCUT2D eigenvalue weighted by atomic mass is 10.3. The van der Waals surface area contributed by atoms with Crippen molar-refractivity contribution >= 4 is 41.3 Å². The average Bonchev–Trinajstić information content (AvgIpc) is 3.09. The number of nitrogens with zero attached hydrogens (tertiary/aromatic N) is 5. The van der Waals surface area contributed by atoms with Crippen molar-refractivity contribution in [3.63, 3.8) is 0 Å². The van der Waals surface area contributed by atoms with Gasteiger partial charge in [-0.15, -0.1) is 35.3 Å². The van der Waals surface area contributed by atoms with Gasteiger partial charge in [-0.25, -0.2) is 15.0 Å². The summed E-state index contributed by atoms with van der Waals surface area (Å²) in [6, 6.07) is 0. The average molecular weight is 449 g/mol. The van der Waals surface area contributed by atoms with Gasteiger partial charge in [0.15, 0.2) is 5.96 Å². The molecule has 2 aromatic heterocycles. The van der Waals surface area contributed by atoms with Crippen molar-refractivity contribution < 1.29 is 0 Å². The molecule has 9 heteroatoms. The summed E-state index contributed by atoms with van der Waals surface area (Å²) in [5.74, 6) is 1.65.